The summed E-state index contributed by atoms with van der Waals surface area (Å²) in [6.07, 6.45) is 10.2. The van der Waals surface area contributed by atoms with Crippen LogP contribution in [-0.4, -0.2) is 36.7 Å². The quantitative estimate of drug-likeness (QED) is 0.408. The average molecular weight is 404 g/mol. The third-order valence-corrected chi connectivity index (χ3v) is 5.28. The Labute approximate surface area is 155 Å². The summed E-state index contributed by atoms with van der Waals surface area (Å²) in [7, 11) is 0. The van der Waals surface area contributed by atoms with E-state index in [-0.39, 0.29) is 21.3 Å². The van der Waals surface area contributed by atoms with Gasteiger partial charge < -0.3 is 5.11 Å². The second kappa shape index (κ2) is 13.4. The van der Waals surface area contributed by atoms with Crippen LogP contribution in [0, 0.1) is 0 Å². The molecule has 2 rings (SSSR count). The molecule has 0 saturated heterocycles. The Morgan fingerprint density at radius 2 is 1.84 bits per heavy atom. The number of hydrogen-bond donors (Lipinski definition) is 1. The molecule has 1 heterocycles. The van der Waals surface area contributed by atoms with E-state index >= 15 is 0 Å². The zero-order valence-electron chi connectivity index (χ0n) is 14.6. The Morgan fingerprint density at radius 1 is 1.08 bits per heavy atom. The van der Waals surface area contributed by atoms with E-state index in [1.54, 1.807) is 0 Å². The SMILES string of the molecule is CCCCCCC(=O)O.O=C(OCc1ccccc1)C1=[As]C=CC=C1. The second-order valence-corrected chi connectivity index (χ2v) is 7.66. The number of carboxylic acids is 1. The van der Waals surface area contributed by atoms with Gasteiger partial charge in [0.2, 0.25) is 0 Å². The fourth-order valence-electron chi connectivity index (χ4n) is 1.98. The van der Waals surface area contributed by atoms with Gasteiger partial charge in [0.05, 0.1) is 0 Å². The van der Waals surface area contributed by atoms with E-state index in [4.69, 9.17) is 9.84 Å². The number of rotatable bonds is 8. The Bertz CT molecular complexity index is 618. The molecule has 0 aromatic heterocycles. The fourth-order valence-corrected chi connectivity index (χ4v) is 3.43. The van der Waals surface area contributed by atoms with Crippen LogP contribution in [0.15, 0.2) is 53.4 Å². The number of ether oxygens (including phenoxy) is 1. The zero-order chi connectivity index (χ0) is 18.3. The molecule has 0 fully saturated rings. The predicted molar refractivity (Wildman–Crippen MR) is 102 cm³/mol. The van der Waals surface area contributed by atoms with Crippen LogP contribution < -0.4 is 0 Å². The molecule has 0 aliphatic carbocycles. The Balaban J connectivity index is 0.000000299. The van der Waals surface area contributed by atoms with Crippen molar-refractivity contribution in [3.8, 4) is 0 Å². The zero-order valence-corrected chi connectivity index (χ0v) is 16.4. The number of unbranched alkanes of at least 4 members (excludes halogenated alkanes) is 3. The van der Waals surface area contributed by atoms with Crippen LogP contribution in [0.5, 0.6) is 0 Å². The van der Waals surface area contributed by atoms with Crippen LogP contribution >= 0.6 is 0 Å². The molecule has 25 heavy (non-hydrogen) atoms. The molecule has 134 valence electrons. The number of carbonyl (C=O) groups excluding carboxylic acids is 1. The number of esters is 1. The molecule has 1 N–H and O–H groups in total. The predicted octanol–water partition coefficient (Wildman–Crippen LogP) is 3.73. The van der Waals surface area contributed by atoms with E-state index in [9.17, 15) is 9.59 Å². The average Bonchev–Trinajstić information content (AvgIpc) is 2.65. The Kier molecular flexibility index (Phi) is 11.3. The van der Waals surface area contributed by atoms with Gasteiger partial charge in [-0.1, -0.05) is 26.2 Å². The van der Waals surface area contributed by atoms with Crippen molar-refractivity contribution in [2.24, 2.45) is 0 Å². The maximum atomic E-state index is 11.7. The second-order valence-electron chi connectivity index (χ2n) is 5.48. The van der Waals surface area contributed by atoms with Gasteiger partial charge in [0.1, 0.15) is 0 Å². The van der Waals surface area contributed by atoms with Gasteiger partial charge in [-0.05, 0) is 6.42 Å². The summed E-state index contributed by atoms with van der Waals surface area (Å²) in [4.78, 5) is 23.7. The van der Waals surface area contributed by atoms with E-state index in [1.807, 2.05) is 53.4 Å². The molecule has 0 bridgehead atoms. The van der Waals surface area contributed by atoms with E-state index < -0.39 is 5.97 Å². The first kappa shape index (κ1) is 21.1. The number of aliphatic carboxylic acids is 1. The van der Waals surface area contributed by atoms with Crippen molar-refractivity contribution in [3.63, 3.8) is 0 Å². The number of benzene rings is 1. The van der Waals surface area contributed by atoms with Crippen molar-refractivity contribution in [3.05, 3.63) is 59.0 Å². The van der Waals surface area contributed by atoms with Gasteiger partial charge in [0.25, 0.3) is 0 Å². The van der Waals surface area contributed by atoms with Gasteiger partial charge in [-0.15, -0.1) is 0 Å². The van der Waals surface area contributed by atoms with Gasteiger partial charge in [0.15, 0.2) is 0 Å². The van der Waals surface area contributed by atoms with Crippen LogP contribution in [0.1, 0.15) is 44.6 Å². The van der Waals surface area contributed by atoms with Crippen LogP contribution in [0.3, 0.4) is 0 Å². The molecule has 5 heteroatoms. The van der Waals surface area contributed by atoms with Crippen molar-refractivity contribution in [2.75, 3.05) is 0 Å². The molecule has 1 aromatic carbocycles. The first-order chi connectivity index (χ1) is 12.1. The third-order valence-electron chi connectivity index (χ3n) is 3.33. The summed E-state index contributed by atoms with van der Waals surface area (Å²) in [6.45, 7) is 2.46. The van der Waals surface area contributed by atoms with Gasteiger partial charge >= 0.3 is 107 Å². The molecule has 0 unspecified atom stereocenters. The molecule has 0 saturated carbocycles. The molecule has 1 aliphatic rings. The molecule has 1 aliphatic heterocycles. The van der Waals surface area contributed by atoms with Crippen molar-refractivity contribution in [1.82, 2.24) is 0 Å². The van der Waals surface area contributed by atoms with E-state index in [0.29, 0.717) is 13.0 Å². The summed E-state index contributed by atoms with van der Waals surface area (Å²) in [5.41, 5.74) is 1.02. The summed E-state index contributed by atoms with van der Waals surface area (Å²) in [5, 5.41) is 8.21. The van der Waals surface area contributed by atoms with Crippen molar-refractivity contribution in [1.29, 1.82) is 0 Å². The van der Waals surface area contributed by atoms with E-state index in [1.165, 1.54) is 6.42 Å². The Hall–Kier alpha value is -1.93. The van der Waals surface area contributed by atoms with Gasteiger partial charge in [0, 0.05) is 6.42 Å². The summed E-state index contributed by atoms with van der Waals surface area (Å²) < 4.78 is 6.03. The first-order valence-corrected chi connectivity index (χ1v) is 10.5. The van der Waals surface area contributed by atoms with Crippen LogP contribution in [0.2, 0.25) is 0 Å². The van der Waals surface area contributed by atoms with E-state index in [2.05, 4.69) is 6.92 Å². The van der Waals surface area contributed by atoms with Crippen LogP contribution in [0.4, 0.5) is 0 Å². The monoisotopic (exact) mass is 404 g/mol. The molecular formula is C20H25AsO4. The minimum absolute atomic E-state index is 0.158. The number of carboxylic acid groups (broad SMARTS) is 1. The molecule has 1 aromatic rings. The third kappa shape index (κ3) is 10.5. The van der Waals surface area contributed by atoms with Crippen molar-refractivity contribution >= 4 is 31.6 Å². The van der Waals surface area contributed by atoms with Gasteiger partial charge in [-0.25, -0.2) is 0 Å². The standard InChI is InChI=1S/C13H11AsO2.C7H14O2/c15-13(12-8-4-5-9-14-12)16-10-11-6-2-1-3-7-11;1-2-3-4-5-6-7(8)9/h1-9H,10H2;2-6H2,1H3,(H,8,9). The van der Waals surface area contributed by atoms with Crippen LogP contribution in [-0.2, 0) is 20.9 Å². The van der Waals surface area contributed by atoms with E-state index in [0.717, 1.165) is 29.1 Å². The molecule has 4 nitrogen and oxygen atoms in total. The molecule has 0 atom stereocenters. The molecular weight excluding hydrogens is 379 g/mol. The summed E-state index contributed by atoms with van der Waals surface area (Å²) >= 11 is -0.158. The van der Waals surface area contributed by atoms with Crippen molar-refractivity contribution in [2.45, 2.75) is 45.6 Å². The summed E-state index contributed by atoms with van der Waals surface area (Å²) in [6, 6.07) is 9.71. The normalized spacial score (nSPS) is 12.6. The van der Waals surface area contributed by atoms with Gasteiger partial charge in [-0.2, -0.15) is 0 Å². The van der Waals surface area contributed by atoms with Gasteiger partial charge in [-0.3, -0.25) is 4.79 Å². The molecule has 0 amide bonds. The minimum atomic E-state index is -0.675. The summed E-state index contributed by atoms with van der Waals surface area (Å²) in [5.74, 6) is -0.865. The number of allylic oxidation sites excluding steroid dienone is 2. The number of hydrogen-bond acceptors (Lipinski definition) is 3. The first-order valence-electron chi connectivity index (χ1n) is 8.47. The Morgan fingerprint density at radius 3 is 2.44 bits per heavy atom. The van der Waals surface area contributed by atoms with Crippen LogP contribution in [0.25, 0.3) is 0 Å². The van der Waals surface area contributed by atoms with Crippen molar-refractivity contribution < 1.29 is 19.4 Å². The fraction of sp³-hybridized carbons (Fsp3) is 0.350. The molecule has 0 spiro atoms. The number of carbonyl (C=O) groups is 2. The molecule has 0 radical (unpaired) electrons. The topological polar surface area (TPSA) is 63.6 Å². The maximum absolute atomic E-state index is 11.7.